The molecular weight excluding hydrogens is 241 g/mol. The Labute approximate surface area is 106 Å². The molecule has 3 N–H and O–H groups in total. The topological polar surface area (TPSA) is 46.2 Å². The van der Waals surface area contributed by atoms with Gasteiger partial charge >= 0.3 is 0 Å². The van der Waals surface area contributed by atoms with Gasteiger partial charge in [-0.3, -0.25) is 0 Å². The van der Waals surface area contributed by atoms with Gasteiger partial charge in [0.25, 0.3) is 0 Å². The summed E-state index contributed by atoms with van der Waals surface area (Å²) in [5.41, 5.74) is 6.38. The molecule has 1 aliphatic carbocycles. The lowest BCUT2D eigenvalue weighted by atomic mass is 9.78. The van der Waals surface area contributed by atoms with Crippen molar-refractivity contribution in [2.45, 2.75) is 19.3 Å². The second-order valence-corrected chi connectivity index (χ2v) is 5.32. The number of halogens is 2. The molecule has 1 fully saturated rings. The first kappa shape index (κ1) is 12.8. The van der Waals surface area contributed by atoms with E-state index in [-0.39, 0.29) is 17.8 Å². The molecule has 0 radical (unpaired) electrons. The summed E-state index contributed by atoms with van der Waals surface area (Å²) in [4.78, 5) is 0. The van der Waals surface area contributed by atoms with Crippen molar-refractivity contribution in [1.82, 2.24) is 0 Å². The Morgan fingerprint density at radius 1 is 1.47 bits per heavy atom. The van der Waals surface area contributed by atoms with Crippen LogP contribution in [0, 0.1) is 17.2 Å². The zero-order chi connectivity index (χ0) is 12.5. The smallest absolute Gasteiger partial charge is 0.124 e. The highest BCUT2D eigenvalue weighted by molar-refractivity contribution is 6.31. The quantitative estimate of drug-likeness (QED) is 0.851. The third kappa shape index (κ3) is 2.62. The van der Waals surface area contributed by atoms with Gasteiger partial charge < -0.3 is 10.8 Å². The number of benzene rings is 1. The number of rotatable bonds is 5. The van der Waals surface area contributed by atoms with Gasteiger partial charge in [0, 0.05) is 17.0 Å². The van der Waals surface area contributed by atoms with Gasteiger partial charge in [-0.15, -0.1) is 0 Å². The molecule has 1 aromatic rings. The van der Waals surface area contributed by atoms with Gasteiger partial charge in [0.15, 0.2) is 0 Å². The molecule has 4 heteroatoms. The maximum Gasteiger partial charge on any atom is 0.124 e. The van der Waals surface area contributed by atoms with Crippen LogP contribution in [0.5, 0.6) is 0 Å². The van der Waals surface area contributed by atoms with Crippen LogP contribution in [-0.2, 0) is 6.42 Å². The third-order valence-corrected chi connectivity index (χ3v) is 4.07. The molecule has 2 rings (SSSR count). The molecule has 0 bridgehead atoms. The molecule has 1 saturated carbocycles. The molecular formula is C13H17ClFNO. The van der Waals surface area contributed by atoms with Crippen LogP contribution in [0.2, 0.25) is 5.02 Å². The average molecular weight is 258 g/mol. The fourth-order valence-electron chi connectivity index (χ4n) is 2.37. The predicted molar refractivity (Wildman–Crippen MR) is 66.4 cm³/mol. The SMILES string of the molecule is NCC(CO)(Cc1ccc(F)cc1Cl)C1CC1. The van der Waals surface area contributed by atoms with Crippen molar-refractivity contribution in [3.63, 3.8) is 0 Å². The molecule has 1 aliphatic rings. The lowest BCUT2D eigenvalue weighted by Gasteiger charge is -2.31. The molecule has 0 aliphatic heterocycles. The second kappa shape index (κ2) is 4.92. The number of aliphatic hydroxyl groups excluding tert-OH is 1. The Kier molecular flexibility index (Phi) is 3.71. The monoisotopic (exact) mass is 257 g/mol. The molecule has 0 amide bonds. The minimum atomic E-state index is -0.340. The molecule has 1 atom stereocenters. The van der Waals surface area contributed by atoms with E-state index in [1.165, 1.54) is 12.1 Å². The van der Waals surface area contributed by atoms with E-state index >= 15 is 0 Å². The first-order valence-corrected chi connectivity index (χ1v) is 6.24. The number of hydrogen-bond donors (Lipinski definition) is 2. The minimum absolute atomic E-state index is 0.0574. The van der Waals surface area contributed by atoms with Crippen molar-refractivity contribution < 1.29 is 9.50 Å². The Morgan fingerprint density at radius 3 is 2.65 bits per heavy atom. The van der Waals surface area contributed by atoms with Crippen molar-refractivity contribution in [3.8, 4) is 0 Å². The summed E-state index contributed by atoms with van der Waals surface area (Å²) < 4.78 is 13.0. The average Bonchev–Trinajstić information content (AvgIpc) is 3.13. The fraction of sp³-hybridized carbons (Fsp3) is 0.538. The van der Waals surface area contributed by atoms with Crippen LogP contribution < -0.4 is 5.73 Å². The Hall–Kier alpha value is -0.640. The molecule has 94 valence electrons. The van der Waals surface area contributed by atoms with E-state index in [2.05, 4.69) is 0 Å². The number of nitrogens with two attached hydrogens (primary N) is 1. The molecule has 0 aromatic heterocycles. The summed E-state index contributed by atoms with van der Waals surface area (Å²) in [7, 11) is 0. The Morgan fingerprint density at radius 2 is 2.18 bits per heavy atom. The first-order valence-electron chi connectivity index (χ1n) is 5.86. The van der Waals surface area contributed by atoms with Crippen LogP contribution in [0.4, 0.5) is 4.39 Å². The van der Waals surface area contributed by atoms with Gasteiger partial charge in [0.1, 0.15) is 5.82 Å². The molecule has 17 heavy (non-hydrogen) atoms. The van der Waals surface area contributed by atoms with Crippen LogP contribution in [-0.4, -0.2) is 18.3 Å². The fourth-order valence-corrected chi connectivity index (χ4v) is 2.61. The minimum Gasteiger partial charge on any atom is -0.396 e. The van der Waals surface area contributed by atoms with E-state index < -0.39 is 0 Å². The van der Waals surface area contributed by atoms with Gasteiger partial charge in [-0.1, -0.05) is 17.7 Å². The standard InChI is InChI=1S/C13H17ClFNO/c14-12-5-11(15)4-1-9(12)6-13(7-16,8-17)10-2-3-10/h1,4-5,10,17H,2-3,6-8,16H2. The van der Waals surface area contributed by atoms with Crippen LogP contribution in [0.3, 0.4) is 0 Å². The van der Waals surface area contributed by atoms with Crippen LogP contribution in [0.25, 0.3) is 0 Å². The van der Waals surface area contributed by atoms with Gasteiger partial charge in [-0.05, 0) is 42.9 Å². The lowest BCUT2D eigenvalue weighted by Crippen LogP contribution is -2.38. The molecule has 2 nitrogen and oxygen atoms in total. The van der Waals surface area contributed by atoms with Gasteiger partial charge in [-0.2, -0.15) is 0 Å². The highest BCUT2D eigenvalue weighted by Crippen LogP contribution is 2.47. The van der Waals surface area contributed by atoms with E-state index in [1.807, 2.05) is 0 Å². The van der Waals surface area contributed by atoms with Crippen LogP contribution in [0.15, 0.2) is 18.2 Å². The van der Waals surface area contributed by atoms with E-state index in [0.29, 0.717) is 23.9 Å². The summed E-state index contributed by atoms with van der Waals surface area (Å²) >= 11 is 6.01. The van der Waals surface area contributed by atoms with Crippen LogP contribution in [0.1, 0.15) is 18.4 Å². The Bertz CT molecular complexity index is 402. The largest absolute Gasteiger partial charge is 0.396 e. The lowest BCUT2D eigenvalue weighted by molar-refractivity contribution is 0.109. The van der Waals surface area contributed by atoms with E-state index in [9.17, 15) is 9.50 Å². The maximum atomic E-state index is 13.0. The van der Waals surface area contributed by atoms with Crippen molar-refractivity contribution in [2.24, 2.45) is 17.1 Å². The molecule has 1 aromatic carbocycles. The number of aliphatic hydroxyl groups is 1. The summed E-state index contributed by atoms with van der Waals surface area (Å²) in [5.74, 6) is 0.131. The van der Waals surface area contributed by atoms with Crippen molar-refractivity contribution in [3.05, 3.63) is 34.6 Å². The van der Waals surface area contributed by atoms with Crippen molar-refractivity contribution >= 4 is 11.6 Å². The van der Waals surface area contributed by atoms with Gasteiger partial charge in [0.05, 0.1) is 6.61 Å². The molecule has 0 saturated heterocycles. The zero-order valence-corrected chi connectivity index (χ0v) is 10.4. The third-order valence-electron chi connectivity index (χ3n) is 3.72. The van der Waals surface area contributed by atoms with Crippen LogP contribution >= 0.6 is 11.6 Å². The van der Waals surface area contributed by atoms with E-state index in [0.717, 1.165) is 18.4 Å². The summed E-state index contributed by atoms with van der Waals surface area (Å²) in [5, 5.41) is 10.0. The predicted octanol–water partition coefficient (Wildman–Crippen LogP) is 2.37. The Balaban J connectivity index is 2.22. The highest BCUT2D eigenvalue weighted by Gasteiger charge is 2.44. The maximum absolute atomic E-state index is 13.0. The summed E-state index contributed by atoms with van der Waals surface area (Å²) in [6, 6.07) is 4.38. The number of hydrogen-bond acceptors (Lipinski definition) is 2. The summed E-state index contributed by atoms with van der Waals surface area (Å²) in [6.07, 6.45) is 2.83. The summed E-state index contributed by atoms with van der Waals surface area (Å²) in [6.45, 7) is 0.490. The second-order valence-electron chi connectivity index (χ2n) is 4.91. The molecule has 0 heterocycles. The molecule has 0 spiro atoms. The zero-order valence-electron chi connectivity index (χ0n) is 9.63. The highest BCUT2D eigenvalue weighted by atomic mass is 35.5. The van der Waals surface area contributed by atoms with Gasteiger partial charge in [-0.25, -0.2) is 4.39 Å². The first-order chi connectivity index (χ1) is 8.11. The van der Waals surface area contributed by atoms with E-state index in [1.54, 1.807) is 6.07 Å². The van der Waals surface area contributed by atoms with Crippen molar-refractivity contribution in [2.75, 3.05) is 13.2 Å². The van der Waals surface area contributed by atoms with Crippen molar-refractivity contribution in [1.29, 1.82) is 0 Å². The normalized spacial score (nSPS) is 19.1. The molecule has 1 unspecified atom stereocenters. The van der Waals surface area contributed by atoms with Gasteiger partial charge in [0.2, 0.25) is 0 Å². The van der Waals surface area contributed by atoms with E-state index in [4.69, 9.17) is 17.3 Å².